The van der Waals surface area contributed by atoms with Crippen LogP contribution in [0.3, 0.4) is 0 Å². The molecule has 0 atom stereocenters. The molecule has 0 spiro atoms. The largest absolute Gasteiger partial charge is 0.277 e. The molecule has 0 bridgehead atoms. The van der Waals surface area contributed by atoms with Crippen LogP contribution in [0.5, 0.6) is 0 Å². The number of rotatable bonds is 2. The molecule has 0 unspecified atom stereocenters. The molecule has 1 aliphatic heterocycles. The fourth-order valence-corrected chi connectivity index (χ4v) is 3.42. The van der Waals surface area contributed by atoms with Gasteiger partial charge in [-0.3, -0.25) is 14.5 Å². The number of hydrogen-bond acceptors (Lipinski definition) is 3. The lowest BCUT2D eigenvalue weighted by Crippen LogP contribution is -2.45. The number of imide groups is 1. The Morgan fingerprint density at radius 2 is 1.94 bits per heavy atom. The summed E-state index contributed by atoms with van der Waals surface area (Å²) in [5, 5.41) is 1.96. The van der Waals surface area contributed by atoms with E-state index in [4.69, 9.17) is 0 Å². The Labute approximate surface area is 113 Å². The quantitative estimate of drug-likeness (QED) is 0.786. The first-order valence-electron chi connectivity index (χ1n) is 5.43. The number of likely N-dealkylation sites (tertiary alicyclic amines) is 1. The molecule has 0 saturated carbocycles. The number of carbonyl (C=O) groups excluding carboxylic acids is 2. The Kier molecular flexibility index (Phi) is 3.41. The molecule has 2 rings (SSSR count). The summed E-state index contributed by atoms with van der Waals surface area (Å²) in [6, 6.07) is 1.95. The first kappa shape index (κ1) is 12.8. The third kappa shape index (κ3) is 2.96. The molecular formula is C12H14BrNO2S. The van der Waals surface area contributed by atoms with Crippen LogP contribution in [-0.4, -0.2) is 16.7 Å². The monoisotopic (exact) mass is 315 g/mol. The van der Waals surface area contributed by atoms with Gasteiger partial charge >= 0.3 is 0 Å². The van der Waals surface area contributed by atoms with Crippen LogP contribution in [0.4, 0.5) is 0 Å². The number of amides is 2. The van der Waals surface area contributed by atoms with Crippen LogP contribution in [0.2, 0.25) is 0 Å². The minimum atomic E-state index is -0.194. The predicted molar refractivity (Wildman–Crippen MR) is 70.6 cm³/mol. The van der Waals surface area contributed by atoms with Crippen molar-refractivity contribution in [3.8, 4) is 0 Å². The summed E-state index contributed by atoms with van der Waals surface area (Å²) in [5.74, 6) is -0.119. The molecule has 0 aliphatic carbocycles. The molecule has 5 heteroatoms. The maximum atomic E-state index is 11.9. The van der Waals surface area contributed by atoms with E-state index in [0.29, 0.717) is 19.4 Å². The third-order valence-corrected chi connectivity index (χ3v) is 4.48. The van der Waals surface area contributed by atoms with E-state index in [1.807, 2.05) is 25.3 Å². The average molecular weight is 316 g/mol. The molecule has 0 N–H and O–H groups in total. The number of hydrogen-bond donors (Lipinski definition) is 0. The molecule has 1 fully saturated rings. The number of carbonyl (C=O) groups is 2. The van der Waals surface area contributed by atoms with Crippen molar-refractivity contribution in [3.63, 3.8) is 0 Å². The zero-order valence-corrected chi connectivity index (χ0v) is 12.2. The standard InChI is InChI=1S/C12H14BrNO2S/c1-12(2)4-10(15)14(11(16)5-12)6-9-3-8(13)7-17-9/h3,7H,4-6H2,1-2H3. The van der Waals surface area contributed by atoms with Gasteiger partial charge in [-0.1, -0.05) is 13.8 Å². The van der Waals surface area contributed by atoms with Gasteiger partial charge < -0.3 is 0 Å². The van der Waals surface area contributed by atoms with Crippen molar-refractivity contribution < 1.29 is 9.59 Å². The van der Waals surface area contributed by atoms with Gasteiger partial charge in [-0.2, -0.15) is 0 Å². The lowest BCUT2D eigenvalue weighted by atomic mass is 9.82. The molecule has 92 valence electrons. The maximum absolute atomic E-state index is 11.9. The van der Waals surface area contributed by atoms with Gasteiger partial charge in [0.25, 0.3) is 0 Å². The van der Waals surface area contributed by atoms with E-state index < -0.39 is 0 Å². The Hall–Kier alpha value is -0.680. The smallest absolute Gasteiger partial charge is 0.230 e. The van der Waals surface area contributed by atoms with E-state index >= 15 is 0 Å². The van der Waals surface area contributed by atoms with Gasteiger partial charge in [0, 0.05) is 27.6 Å². The van der Waals surface area contributed by atoms with Crippen LogP contribution in [0.15, 0.2) is 15.9 Å². The van der Waals surface area contributed by atoms with E-state index in [1.54, 1.807) is 11.3 Å². The lowest BCUT2D eigenvalue weighted by Gasteiger charge is -2.34. The van der Waals surface area contributed by atoms with E-state index in [2.05, 4.69) is 15.9 Å². The molecule has 2 amide bonds. The Morgan fingerprint density at radius 3 is 2.41 bits per heavy atom. The van der Waals surface area contributed by atoms with Crippen LogP contribution in [0.1, 0.15) is 31.6 Å². The van der Waals surface area contributed by atoms with E-state index in [1.165, 1.54) is 4.90 Å². The number of piperidine rings is 1. The van der Waals surface area contributed by atoms with Crippen LogP contribution in [0, 0.1) is 5.41 Å². The molecule has 1 aromatic rings. The van der Waals surface area contributed by atoms with Gasteiger partial charge in [0.2, 0.25) is 11.8 Å². The second kappa shape index (κ2) is 4.53. The Morgan fingerprint density at radius 1 is 1.35 bits per heavy atom. The molecule has 1 saturated heterocycles. The highest BCUT2D eigenvalue weighted by Gasteiger charge is 2.37. The molecule has 2 heterocycles. The highest BCUT2D eigenvalue weighted by Crippen LogP contribution is 2.33. The number of nitrogens with zero attached hydrogens (tertiary/aromatic N) is 1. The number of thiophene rings is 1. The fraction of sp³-hybridized carbons (Fsp3) is 0.500. The molecule has 0 aromatic carbocycles. The zero-order chi connectivity index (χ0) is 12.6. The van der Waals surface area contributed by atoms with Crippen molar-refractivity contribution in [2.24, 2.45) is 5.41 Å². The summed E-state index contributed by atoms with van der Waals surface area (Å²) in [5.41, 5.74) is -0.194. The normalized spacial score (nSPS) is 19.8. The van der Waals surface area contributed by atoms with Gasteiger partial charge in [-0.15, -0.1) is 11.3 Å². The summed E-state index contributed by atoms with van der Waals surface area (Å²) < 4.78 is 0.995. The Balaban J connectivity index is 2.11. The summed E-state index contributed by atoms with van der Waals surface area (Å²) in [4.78, 5) is 26.3. The van der Waals surface area contributed by atoms with Crippen LogP contribution >= 0.6 is 27.3 Å². The highest BCUT2D eigenvalue weighted by molar-refractivity contribution is 9.10. The zero-order valence-electron chi connectivity index (χ0n) is 9.83. The van der Waals surface area contributed by atoms with E-state index in [0.717, 1.165) is 9.35 Å². The van der Waals surface area contributed by atoms with Crippen LogP contribution in [0.25, 0.3) is 0 Å². The first-order valence-corrected chi connectivity index (χ1v) is 7.11. The summed E-state index contributed by atoms with van der Waals surface area (Å²) in [6.07, 6.45) is 0.899. The highest BCUT2D eigenvalue weighted by atomic mass is 79.9. The fourth-order valence-electron chi connectivity index (χ4n) is 1.98. The maximum Gasteiger partial charge on any atom is 0.230 e. The van der Waals surface area contributed by atoms with Crippen molar-refractivity contribution >= 4 is 39.1 Å². The van der Waals surface area contributed by atoms with E-state index in [9.17, 15) is 9.59 Å². The van der Waals surface area contributed by atoms with Gasteiger partial charge in [-0.25, -0.2) is 0 Å². The van der Waals surface area contributed by atoms with E-state index in [-0.39, 0.29) is 17.2 Å². The SMILES string of the molecule is CC1(C)CC(=O)N(Cc2cc(Br)cs2)C(=O)C1. The van der Waals surface area contributed by atoms with Crippen LogP contribution in [-0.2, 0) is 16.1 Å². The summed E-state index contributed by atoms with van der Waals surface area (Å²) in [6.45, 7) is 4.33. The van der Waals surface area contributed by atoms with Crippen molar-refractivity contribution in [3.05, 3.63) is 20.8 Å². The second-order valence-corrected chi connectivity index (χ2v) is 7.03. The van der Waals surface area contributed by atoms with Crippen molar-refractivity contribution in [1.29, 1.82) is 0 Å². The van der Waals surface area contributed by atoms with Gasteiger partial charge in [0.1, 0.15) is 0 Å². The van der Waals surface area contributed by atoms with Crippen molar-refractivity contribution in [2.75, 3.05) is 0 Å². The molecule has 1 aliphatic rings. The topological polar surface area (TPSA) is 37.4 Å². The predicted octanol–water partition coefficient (Wildman–Crippen LogP) is 3.19. The molecule has 17 heavy (non-hydrogen) atoms. The lowest BCUT2D eigenvalue weighted by molar-refractivity contribution is -0.153. The van der Waals surface area contributed by atoms with Crippen molar-refractivity contribution in [1.82, 2.24) is 4.90 Å². The van der Waals surface area contributed by atoms with Crippen LogP contribution < -0.4 is 0 Å². The number of halogens is 1. The minimum absolute atomic E-state index is 0.0595. The van der Waals surface area contributed by atoms with Crippen molar-refractivity contribution in [2.45, 2.75) is 33.2 Å². The van der Waals surface area contributed by atoms with Gasteiger partial charge in [0.05, 0.1) is 6.54 Å². The summed E-state index contributed by atoms with van der Waals surface area (Å²) in [7, 11) is 0. The molecule has 3 nitrogen and oxygen atoms in total. The van der Waals surface area contributed by atoms with Gasteiger partial charge in [-0.05, 0) is 27.4 Å². The average Bonchev–Trinajstić information content (AvgIpc) is 2.56. The minimum Gasteiger partial charge on any atom is -0.277 e. The second-order valence-electron chi connectivity index (χ2n) is 5.12. The van der Waals surface area contributed by atoms with Gasteiger partial charge in [0.15, 0.2) is 0 Å². The summed E-state index contributed by atoms with van der Waals surface area (Å²) >= 11 is 4.92. The molecule has 1 aromatic heterocycles. The molecule has 0 radical (unpaired) electrons. The third-order valence-electron chi connectivity index (χ3n) is 2.80. The molecular weight excluding hydrogens is 302 g/mol. The Bertz CT molecular complexity index is 447. The first-order chi connectivity index (χ1) is 7.87.